The predicted molar refractivity (Wildman–Crippen MR) is 78.6 cm³/mol. The van der Waals surface area contributed by atoms with E-state index >= 15 is 0 Å². The van der Waals surface area contributed by atoms with Gasteiger partial charge in [0.1, 0.15) is 11.6 Å². The second-order valence-corrected chi connectivity index (χ2v) is 5.44. The van der Waals surface area contributed by atoms with Gasteiger partial charge >= 0.3 is 6.03 Å². The third-order valence-corrected chi connectivity index (χ3v) is 2.91. The van der Waals surface area contributed by atoms with Gasteiger partial charge in [-0.3, -0.25) is 0 Å². The standard InChI is InChI=1S/C15H23FN2O2/c1-9(2)11(5)17-15(19)18-13-8-12(16)6-7-14(13)20-10(3)4/h6-11H,1-5H3,(H2,17,18,19). The van der Waals surface area contributed by atoms with E-state index in [0.717, 1.165) is 0 Å². The molecule has 112 valence electrons. The molecule has 2 N–H and O–H groups in total. The molecule has 0 heterocycles. The number of anilines is 1. The van der Waals surface area contributed by atoms with Crippen LogP contribution in [0.3, 0.4) is 0 Å². The maximum absolute atomic E-state index is 13.3. The molecular formula is C15H23FN2O2. The van der Waals surface area contributed by atoms with Crippen LogP contribution in [0.1, 0.15) is 34.6 Å². The Balaban J connectivity index is 2.79. The van der Waals surface area contributed by atoms with Crippen LogP contribution < -0.4 is 15.4 Å². The molecule has 0 fully saturated rings. The molecule has 20 heavy (non-hydrogen) atoms. The minimum Gasteiger partial charge on any atom is -0.489 e. The first-order valence-electron chi connectivity index (χ1n) is 6.83. The van der Waals surface area contributed by atoms with Crippen molar-refractivity contribution in [1.82, 2.24) is 5.32 Å². The lowest BCUT2D eigenvalue weighted by atomic mass is 10.1. The van der Waals surface area contributed by atoms with Crippen LogP contribution in [0.5, 0.6) is 5.75 Å². The first kappa shape index (κ1) is 16.3. The molecule has 1 atom stereocenters. The van der Waals surface area contributed by atoms with Gasteiger partial charge in [-0.05, 0) is 38.8 Å². The Hall–Kier alpha value is -1.78. The summed E-state index contributed by atoms with van der Waals surface area (Å²) in [6.07, 6.45) is -0.0568. The van der Waals surface area contributed by atoms with Crippen molar-refractivity contribution in [2.45, 2.75) is 46.8 Å². The van der Waals surface area contributed by atoms with E-state index in [1.54, 1.807) is 0 Å². The van der Waals surface area contributed by atoms with Gasteiger partial charge in [0.05, 0.1) is 11.8 Å². The largest absolute Gasteiger partial charge is 0.489 e. The van der Waals surface area contributed by atoms with E-state index in [9.17, 15) is 9.18 Å². The zero-order valence-electron chi connectivity index (χ0n) is 12.7. The molecule has 0 aliphatic carbocycles. The fraction of sp³-hybridized carbons (Fsp3) is 0.533. The second-order valence-electron chi connectivity index (χ2n) is 5.44. The number of nitrogens with one attached hydrogen (secondary N) is 2. The topological polar surface area (TPSA) is 50.4 Å². The number of urea groups is 1. The average molecular weight is 282 g/mol. The first-order chi connectivity index (χ1) is 9.29. The summed E-state index contributed by atoms with van der Waals surface area (Å²) in [5.74, 6) is 0.349. The number of amides is 2. The summed E-state index contributed by atoms with van der Waals surface area (Å²) in [5.41, 5.74) is 0.326. The van der Waals surface area contributed by atoms with Crippen LogP contribution in [-0.4, -0.2) is 18.2 Å². The molecule has 1 aromatic carbocycles. The van der Waals surface area contributed by atoms with Crippen LogP contribution in [0.15, 0.2) is 18.2 Å². The fourth-order valence-electron chi connectivity index (χ4n) is 1.49. The minimum absolute atomic E-state index is 0.0260. The van der Waals surface area contributed by atoms with Crippen molar-refractivity contribution >= 4 is 11.7 Å². The highest BCUT2D eigenvalue weighted by Gasteiger charge is 2.14. The molecule has 0 aromatic heterocycles. The SMILES string of the molecule is CC(C)Oc1ccc(F)cc1NC(=O)NC(C)C(C)C. The molecule has 1 rings (SSSR count). The zero-order valence-corrected chi connectivity index (χ0v) is 12.7. The molecular weight excluding hydrogens is 259 g/mol. The summed E-state index contributed by atoms with van der Waals surface area (Å²) in [7, 11) is 0. The Morgan fingerprint density at radius 2 is 1.85 bits per heavy atom. The molecule has 0 aliphatic rings. The van der Waals surface area contributed by atoms with E-state index in [-0.39, 0.29) is 18.2 Å². The highest BCUT2D eigenvalue weighted by molar-refractivity contribution is 5.91. The Morgan fingerprint density at radius 3 is 2.40 bits per heavy atom. The molecule has 0 spiro atoms. The lowest BCUT2D eigenvalue weighted by Gasteiger charge is -2.19. The Morgan fingerprint density at radius 1 is 1.20 bits per heavy atom. The van der Waals surface area contributed by atoms with Gasteiger partial charge in [-0.2, -0.15) is 0 Å². The summed E-state index contributed by atoms with van der Waals surface area (Å²) >= 11 is 0. The van der Waals surface area contributed by atoms with Crippen LogP contribution in [0.4, 0.5) is 14.9 Å². The third-order valence-electron chi connectivity index (χ3n) is 2.91. The summed E-state index contributed by atoms with van der Waals surface area (Å²) in [6, 6.07) is 3.72. The first-order valence-corrected chi connectivity index (χ1v) is 6.83. The number of halogens is 1. The quantitative estimate of drug-likeness (QED) is 0.863. The monoisotopic (exact) mass is 282 g/mol. The van der Waals surface area contributed by atoms with Gasteiger partial charge < -0.3 is 15.4 Å². The highest BCUT2D eigenvalue weighted by Crippen LogP contribution is 2.26. The van der Waals surface area contributed by atoms with E-state index in [1.165, 1.54) is 18.2 Å². The Labute approximate surface area is 119 Å². The number of hydrogen-bond acceptors (Lipinski definition) is 2. The molecule has 0 radical (unpaired) electrons. The van der Waals surface area contributed by atoms with Crippen LogP contribution in [0.2, 0.25) is 0 Å². The fourth-order valence-corrected chi connectivity index (χ4v) is 1.49. The van der Waals surface area contributed by atoms with Crippen LogP contribution in [-0.2, 0) is 0 Å². The van der Waals surface area contributed by atoms with Crippen molar-refractivity contribution in [2.75, 3.05) is 5.32 Å². The van der Waals surface area contributed by atoms with Crippen molar-refractivity contribution in [3.63, 3.8) is 0 Å². The molecule has 5 heteroatoms. The van der Waals surface area contributed by atoms with E-state index in [1.807, 2.05) is 34.6 Å². The molecule has 1 aromatic rings. The van der Waals surface area contributed by atoms with E-state index in [4.69, 9.17) is 4.74 Å². The molecule has 0 saturated carbocycles. The normalized spacial score (nSPS) is 12.4. The number of ether oxygens (including phenoxy) is 1. The molecule has 0 bridgehead atoms. The van der Waals surface area contributed by atoms with Gasteiger partial charge in [-0.15, -0.1) is 0 Å². The van der Waals surface area contributed by atoms with Crippen molar-refractivity contribution in [3.8, 4) is 5.75 Å². The maximum atomic E-state index is 13.3. The average Bonchev–Trinajstić information content (AvgIpc) is 2.31. The number of carbonyl (C=O) groups is 1. The number of carbonyl (C=O) groups excluding carboxylic acids is 1. The van der Waals surface area contributed by atoms with Crippen molar-refractivity contribution in [3.05, 3.63) is 24.0 Å². The van der Waals surface area contributed by atoms with E-state index < -0.39 is 5.82 Å². The lowest BCUT2D eigenvalue weighted by Crippen LogP contribution is -2.39. The van der Waals surface area contributed by atoms with Gasteiger partial charge in [0.2, 0.25) is 0 Å². The third kappa shape index (κ3) is 5.07. The number of rotatable bonds is 5. The number of hydrogen-bond donors (Lipinski definition) is 2. The Bertz CT molecular complexity index is 461. The van der Waals surface area contributed by atoms with Gasteiger partial charge in [-0.1, -0.05) is 13.8 Å². The molecule has 1 unspecified atom stereocenters. The van der Waals surface area contributed by atoms with Gasteiger partial charge in [-0.25, -0.2) is 9.18 Å². The van der Waals surface area contributed by atoms with Crippen LogP contribution >= 0.6 is 0 Å². The second kappa shape index (κ2) is 7.12. The van der Waals surface area contributed by atoms with Crippen molar-refractivity contribution in [1.29, 1.82) is 0 Å². The maximum Gasteiger partial charge on any atom is 0.319 e. The summed E-state index contributed by atoms with van der Waals surface area (Å²) in [4.78, 5) is 11.9. The van der Waals surface area contributed by atoms with Crippen molar-refractivity contribution in [2.24, 2.45) is 5.92 Å². The lowest BCUT2D eigenvalue weighted by molar-refractivity contribution is 0.240. The van der Waals surface area contributed by atoms with E-state index in [2.05, 4.69) is 10.6 Å². The zero-order chi connectivity index (χ0) is 15.3. The molecule has 0 aliphatic heterocycles. The summed E-state index contributed by atoms with van der Waals surface area (Å²) < 4.78 is 18.8. The summed E-state index contributed by atoms with van der Waals surface area (Å²) in [5, 5.41) is 5.43. The van der Waals surface area contributed by atoms with Crippen LogP contribution in [0.25, 0.3) is 0 Å². The van der Waals surface area contributed by atoms with Crippen molar-refractivity contribution < 1.29 is 13.9 Å². The molecule has 4 nitrogen and oxygen atoms in total. The predicted octanol–water partition coefficient (Wildman–Crippen LogP) is 3.78. The van der Waals surface area contributed by atoms with Gasteiger partial charge in [0.25, 0.3) is 0 Å². The molecule has 2 amide bonds. The van der Waals surface area contributed by atoms with Gasteiger partial charge in [0, 0.05) is 12.1 Å². The highest BCUT2D eigenvalue weighted by atomic mass is 19.1. The number of benzene rings is 1. The Kier molecular flexibility index (Phi) is 5.80. The van der Waals surface area contributed by atoms with E-state index in [0.29, 0.717) is 17.4 Å². The smallest absolute Gasteiger partial charge is 0.319 e. The minimum atomic E-state index is -0.423. The summed E-state index contributed by atoms with van der Waals surface area (Å²) in [6.45, 7) is 9.68. The van der Waals surface area contributed by atoms with Crippen LogP contribution in [0, 0.1) is 11.7 Å². The van der Waals surface area contributed by atoms with Gasteiger partial charge in [0.15, 0.2) is 0 Å². The molecule has 0 saturated heterocycles.